The summed E-state index contributed by atoms with van der Waals surface area (Å²) in [5, 5.41) is 0.951. The van der Waals surface area contributed by atoms with Crippen LogP contribution in [-0.2, 0) is 6.54 Å². The van der Waals surface area contributed by atoms with Gasteiger partial charge in [0.1, 0.15) is 17.1 Å². The second-order valence-corrected chi connectivity index (χ2v) is 7.72. The van der Waals surface area contributed by atoms with Crippen molar-refractivity contribution >= 4 is 16.9 Å². The van der Waals surface area contributed by atoms with Gasteiger partial charge in [-0.3, -0.25) is 9.69 Å². The van der Waals surface area contributed by atoms with Crippen molar-refractivity contribution in [3.8, 4) is 11.5 Å². The molecule has 0 bridgehead atoms. The number of rotatable bonds is 5. The fraction of sp³-hybridized carbons (Fsp3) is 0.333. The van der Waals surface area contributed by atoms with E-state index < -0.39 is 0 Å². The van der Waals surface area contributed by atoms with E-state index in [-0.39, 0.29) is 11.5 Å². The van der Waals surface area contributed by atoms with Crippen molar-refractivity contribution in [1.29, 1.82) is 0 Å². The fourth-order valence-corrected chi connectivity index (χ4v) is 3.96. The molecule has 1 amide bonds. The molecular weight excluding hydrogens is 396 g/mol. The normalized spacial score (nSPS) is 14.6. The van der Waals surface area contributed by atoms with Gasteiger partial charge in [-0.05, 0) is 36.2 Å². The first kappa shape index (κ1) is 20.9. The van der Waals surface area contributed by atoms with Crippen LogP contribution in [0.4, 0.5) is 0 Å². The predicted molar refractivity (Wildman–Crippen MR) is 118 cm³/mol. The lowest BCUT2D eigenvalue weighted by Gasteiger charge is -2.35. The van der Waals surface area contributed by atoms with Crippen LogP contribution in [0.2, 0.25) is 0 Å². The van der Waals surface area contributed by atoms with Gasteiger partial charge >= 0.3 is 5.63 Å². The van der Waals surface area contributed by atoms with Crippen LogP contribution in [0.5, 0.6) is 11.5 Å². The third-order valence-electron chi connectivity index (χ3n) is 5.68. The van der Waals surface area contributed by atoms with Crippen molar-refractivity contribution in [1.82, 2.24) is 9.80 Å². The van der Waals surface area contributed by atoms with Gasteiger partial charge in [0.2, 0.25) is 0 Å². The van der Waals surface area contributed by atoms with E-state index in [0.717, 1.165) is 29.6 Å². The number of benzene rings is 2. The summed E-state index contributed by atoms with van der Waals surface area (Å²) >= 11 is 0. The Morgan fingerprint density at radius 2 is 1.77 bits per heavy atom. The van der Waals surface area contributed by atoms with E-state index in [2.05, 4.69) is 4.90 Å². The summed E-state index contributed by atoms with van der Waals surface area (Å²) in [5.41, 5.74) is 2.80. The maximum atomic E-state index is 13.0. The summed E-state index contributed by atoms with van der Waals surface area (Å²) in [6.45, 7) is 5.26. The number of carbonyl (C=O) groups is 1. The number of carbonyl (C=O) groups excluding carboxylic acids is 1. The molecular formula is C24H26N2O5. The number of hydrogen-bond acceptors (Lipinski definition) is 6. The van der Waals surface area contributed by atoms with Crippen LogP contribution in [0, 0.1) is 6.92 Å². The highest BCUT2D eigenvalue weighted by Gasteiger charge is 2.25. The van der Waals surface area contributed by atoms with Gasteiger partial charge in [0.15, 0.2) is 0 Å². The Morgan fingerprint density at radius 1 is 1.00 bits per heavy atom. The minimum absolute atomic E-state index is 0.0552. The quantitative estimate of drug-likeness (QED) is 0.589. The minimum Gasteiger partial charge on any atom is -0.497 e. The highest BCUT2D eigenvalue weighted by Crippen LogP contribution is 2.26. The lowest BCUT2D eigenvalue weighted by atomic mass is 10.1. The first-order valence-corrected chi connectivity index (χ1v) is 10.3. The number of ether oxygens (including phenoxy) is 2. The Kier molecular flexibility index (Phi) is 5.95. The van der Waals surface area contributed by atoms with Crippen molar-refractivity contribution in [3.05, 3.63) is 69.6 Å². The summed E-state index contributed by atoms with van der Waals surface area (Å²) in [5.74, 6) is 1.10. The third kappa shape index (κ3) is 4.41. The van der Waals surface area contributed by atoms with Gasteiger partial charge in [-0.2, -0.15) is 0 Å². The second kappa shape index (κ2) is 8.81. The smallest absolute Gasteiger partial charge is 0.336 e. The van der Waals surface area contributed by atoms with Crippen LogP contribution < -0.4 is 15.1 Å². The molecule has 31 heavy (non-hydrogen) atoms. The summed E-state index contributed by atoms with van der Waals surface area (Å²) in [7, 11) is 3.13. The zero-order valence-corrected chi connectivity index (χ0v) is 18.0. The molecule has 2 heterocycles. The molecule has 4 rings (SSSR count). The molecule has 1 fully saturated rings. The molecule has 0 spiro atoms. The number of aryl methyl sites for hydroxylation is 1. The van der Waals surface area contributed by atoms with Crippen LogP contribution in [0.25, 0.3) is 11.0 Å². The molecule has 0 unspecified atom stereocenters. The molecule has 0 atom stereocenters. The number of fused-ring (bicyclic) bond motifs is 1. The molecule has 0 aliphatic carbocycles. The zero-order chi connectivity index (χ0) is 22.0. The number of methoxy groups -OCH3 is 2. The highest BCUT2D eigenvalue weighted by molar-refractivity contribution is 5.97. The third-order valence-corrected chi connectivity index (χ3v) is 5.68. The Bertz CT molecular complexity index is 1160. The molecule has 7 nitrogen and oxygen atoms in total. The van der Waals surface area contributed by atoms with E-state index in [1.54, 1.807) is 38.5 Å². The van der Waals surface area contributed by atoms with Gasteiger partial charge < -0.3 is 18.8 Å². The highest BCUT2D eigenvalue weighted by atomic mass is 16.5. The van der Waals surface area contributed by atoms with Gasteiger partial charge in [-0.15, -0.1) is 0 Å². The molecule has 1 aliphatic rings. The minimum atomic E-state index is -0.339. The van der Waals surface area contributed by atoms with Crippen LogP contribution in [0.3, 0.4) is 0 Å². The largest absolute Gasteiger partial charge is 0.497 e. The van der Waals surface area contributed by atoms with E-state index in [9.17, 15) is 9.59 Å². The van der Waals surface area contributed by atoms with Crippen LogP contribution in [-0.4, -0.2) is 56.1 Å². The molecule has 0 N–H and O–H groups in total. The monoisotopic (exact) mass is 422 g/mol. The first-order chi connectivity index (χ1) is 15.0. The molecule has 1 saturated heterocycles. The Hall–Kier alpha value is -3.32. The van der Waals surface area contributed by atoms with Gasteiger partial charge in [-0.1, -0.05) is 12.1 Å². The Labute approximate surface area is 180 Å². The molecule has 0 radical (unpaired) electrons. The van der Waals surface area contributed by atoms with Crippen molar-refractivity contribution in [3.63, 3.8) is 0 Å². The Morgan fingerprint density at radius 3 is 2.48 bits per heavy atom. The summed E-state index contributed by atoms with van der Waals surface area (Å²) in [6.07, 6.45) is 0. The maximum Gasteiger partial charge on any atom is 0.336 e. The molecule has 2 aromatic carbocycles. The zero-order valence-electron chi connectivity index (χ0n) is 18.0. The molecule has 7 heteroatoms. The molecule has 1 aliphatic heterocycles. The summed E-state index contributed by atoms with van der Waals surface area (Å²) in [4.78, 5) is 29.1. The van der Waals surface area contributed by atoms with Crippen molar-refractivity contribution in [2.45, 2.75) is 13.5 Å². The van der Waals surface area contributed by atoms with Gasteiger partial charge in [0.25, 0.3) is 5.91 Å². The SMILES string of the molecule is COc1ccc(C(=O)N2CCN(Cc3cc(=O)oc4cc(C)ccc34)CC2)c(OC)c1. The lowest BCUT2D eigenvalue weighted by molar-refractivity contribution is 0.0625. The van der Waals surface area contributed by atoms with E-state index >= 15 is 0 Å². The van der Waals surface area contributed by atoms with Crippen molar-refractivity contribution < 1.29 is 18.7 Å². The van der Waals surface area contributed by atoms with Gasteiger partial charge in [0, 0.05) is 50.2 Å². The number of amides is 1. The van der Waals surface area contributed by atoms with Crippen LogP contribution in [0.1, 0.15) is 21.5 Å². The number of piperazine rings is 1. The average molecular weight is 422 g/mol. The van der Waals surface area contributed by atoms with Gasteiger partial charge in [0.05, 0.1) is 19.8 Å². The van der Waals surface area contributed by atoms with E-state index in [1.807, 2.05) is 30.0 Å². The van der Waals surface area contributed by atoms with E-state index in [1.165, 1.54) is 0 Å². The fourth-order valence-electron chi connectivity index (χ4n) is 3.96. The number of hydrogen-bond donors (Lipinski definition) is 0. The first-order valence-electron chi connectivity index (χ1n) is 10.3. The standard InChI is InChI=1S/C24H26N2O5/c1-16-4-6-19-17(13-23(27)31-22(19)12-16)15-25-8-10-26(11-9-25)24(28)20-7-5-18(29-2)14-21(20)30-3/h4-7,12-14H,8-11,15H2,1-3H3. The van der Waals surface area contributed by atoms with Crippen molar-refractivity contribution in [2.24, 2.45) is 0 Å². The van der Waals surface area contributed by atoms with Gasteiger partial charge in [-0.25, -0.2) is 4.79 Å². The topological polar surface area (TPSA) is 72.2 Å². The predicted octanol–water partition coefficient (Wildman–Crippen LogP) is 3.08. The van der Waals surface area contributed by atoms with E-state index in [4.69, 9.17) is 13.9 Å². The summed E-state index contributed by atoms with van der Waals surface area (Å²) < 4.78 is 16.0. The van der Waals surface area contributed by atoms with E-state index in [0.29, 0.717) is 42.3 Å². The molecule has 0 saturated carbocycles. The average Bonchev–Trinajstić information content (AvgIpc) is 2.78. The molecule has 1 aromatic heterocycles. The van der Waals surface area contributed by atoms with Crippen LogP contribution in [0.15, 0.2) is 51.7 Å². The lowest BCUT2D eigenvalue weighted by Crippen LogP contribution is -2.48. The maximum absolute atomic E-state index is 13.0. The molecule has 3 aromatic rings. The summed E-state index contributed by atoms with van der Waals surface area (Å²) in [6, 6.07) is 12.7. The Balaban J connectivity index is 1.46. The van der Waals surface area contributed by atoms with Crippen molar-refractivity contribution in [2.75, 3.05) is 40.4 Å². The molecule has 162 valence electrons. The number of nitrogens with zero attached hydrogens (tertiary/aromatic N) is 2. The van der Waals surface area contributed by atoms with Crippen LogP contribution >= 0.6 is 0 Å². The second-order valence-electron chi connectivity index (χ2n) is 7.72.